The van der Waals surface area contributed by atoms with E-state index >= 15 is 0 Å². The molecule has 0 amide bonds. The third kappa shape index (κ3) is 5.16. The molecule has 186 valence electrons. The fraction of sp³-hybridized carbons (Fsp3) is 0.344. The number of rotatable bonds is 6. The molecule has 1 aliphatic rings. The number of nitrogens with zero attached hydrogens (tertiary/aromatic N) is 2. The molecule has 36 heavy (non-hydrogen) atoms. The normalized spacial score (nSPS) is 15.8. The molecule has 0 bridgehead atoms. The van der Waals surface area contributed by atoms with Gasteiger partial charge in [0.15, 0.2) is 0 Å². The second-order valence-electron chi connectivity index (χ2n) is 11.0. The Kier molecular flexibility index (Phi) is 7.08. The minimum atomic E-state index is 0.0928. The Morgan fingerprint density at radius 3 is 2.00 bits per heavy atom. The van der Waals surface area contributed by atoms with Crippen LogP contribution in [0.4, 0.5) is 0 Å². The average Bonchev–Trinajstić information content (AvgIpc) is 3.29. The minimum absolute atomic E-state index is 0.0928. The van der Waals surface area contributed by atoms with Crippen LogP contribution in [-0.2, 0) is 5.41 Å². The van der Waals surface area contributed by atoms with Crippen molar-refractivity contribution < 1.29 is 0 Å². The predicted octanol–water partition coefficient (Wildman–Crippen LogP) is 6.46. The van der Waals surface area contributed by atoms with Gasteiger partial charge in [0.2, 0.25) is 0 Å². The number of imidazole rings is 1. The van der Waals surface area contributed by atoms with Crippen molar-refractivity contribution in [2.24, 2.45) is 0 Å². The first-order valence-electron chi connectivity index (χ1n) is 13.1. The standard InChI is InChI=1S/C32H38N4/c1-23-29(35-31(34-23)26-16-11-17-27(22-26)32(2,3)4)30(36-20-18-33-19-21-36)28(24-12-7-5-8-13-24)25-14-9-6-10-15-25/h5-17,22,28,30,33H,18-21H2,1-4H3,(H,34,35). The summed E-state index contributed by atoms with van der Waals surface area (Å²) < 4.78 is 0. The van der Waals surface area contributed by atoms with Gasteiger partial charge in [0.1, 0.15) is 5.82 Å². The number of aryl methyl sites for hydroxylation is 1. The van der Waals surface area contributed by atoms with Crippen LogP contribution >= 0.6 is 0 Å². The van der Waals surface area contributed by atoms with Crippen molar-refractivity contribution in [2.75, 3.05) is 26.2 Å². The molecule has 0 aliphatic carbocycles. The van der Waals surface area contributed by atoms with E-state index in [-0.39, 0.29) is 17.4 Å². The highest BCUT2D eigenvalue weighted by Crippen LogP contribution is 2.42. The minimum Gasteiger partial charge on any atom is -0.342 e. The van der Waals surface area contributed by atoms with Crippen LogP contribution in [0.3, 0.4) is 0 Å². The number of piperazine rings is 1. The molecule has 1 saturated heterocycles. The number of hydrogen-bond acceptors (Lipinski definition) is 3. The maximum Gasteiger partial charge on any atom is 0.137 e. The van der Waals surface area contributed by atoms with E-state index in [9.17, 15) is 0 Å². The molecule has 1 fully saturated rings. The van der Waals surface area contributed by atoms with E-state index in [4.69, 9.17) is 4.98 Å². The number of nitrogens with one attached hydrogen (secondary N) is 2. The van der Waals surface area contributed by atoms with Gasteiger partial charge in [-0.05, 0) is 35.1 Å². The molecular weight excluding hydrogens is 440 g/mol. The monoisotopic (exact) mass is 478 g/mol. The Hall–Kier alpha value is -3.21. The zero-order chi connectivity index (χ0) is 25.1. The highest BCUT2D eigenvalue weighted by Gasteiger charge is 2.35. The summed E-state index contributed by atoms with van der Waals surface area (Å²) in [5.74, 6) is 1.13. The molecule has 1 unspecified atom stereocenters. The number of aromatic nitrogens is 2. The van der Waals surface area contributed by atoms with E-state index in [1.165, 1.54) is 16.7 Å². The molecule has 1 atom stereocenters. The zero-order valence-corrected chi connectivity index (χ0v) is 22.0. The molecule has 0 saturated carbocycles. The van der Waals surface area contributed by atoms with E-state index in [2.05, 4.69) is 128 Å². The fourth-order valence-electron chi connectivity index (χ4n) is 5.41. The van der Waals surface area contributed by atoms with Gasteiger partial charge in [0, 0.05) is 43.4 Å². The van der Waals surface area contributed by atoms with Crippen LogP contribution in [0.2, 0.25) is 0 Å². The second kappa shape index (κ2) is 10.4. The molecule has 4 nitrogen and oxygen atoms in total. The lowest BCUT2D eigenvalue weighted by molar-refractivity contribution is 0.156. The fourth-order valence-corrected chi connectivity index (χ4v) is 5.41. The van der Waals surface area contributed by atoms with Crippen LogP contribution in [0.15, 0.2) is 84.9 Å². The summed E-state index contributed by atoms with van der Waals surface area (Å²) in [4.78, 5) is 11.6. The van der Waals surface area contributed by atoms with E-state index in [0.29, 0.717) is 0 Å². The maximum absolute atomic E-state index is 5.33. The van der Waals surface area contributed by atoms with Gasteiger partial charge in [0.25, 0.3) is 0 Å². The Balaban J connectivity index is 1.64. The molecule has 0 spiro atoms. The number of hydrogen-bond donors (Lipinski definition) is 2. The van der Waals surface area contributed by atoms with Crippen molar-refractivity contribution in [3.05, 3.63) is 113 Å². The van der Waals surface area contributed by atoms with Crippen molar-refractivity contribution in [3.8, 4) is 11.4 Å². The van der Waals surface area contributed by atoms with Gasteiger partial charge < -0.3 is 10.3 Å². The third-order valence-electron chi connectivity index (χ3n) is 7.38. The zero-order valence-electron chi connectivity index (χ0n) is 22.0. The van der Waals surface area contributed by atoms with Gasteiger partial charge >= 0.3 is 0 Å². The van der Waals surface area contributed by atoms with Gasteiger partial charge in [-0.3, -0.25) is 4.90 Å². The number of aromatic amines is 1. The van der Waals surface area contributed by atoms with E-state index in [1.807, 2.05) is 0 Å². The van der Waals surface area contributed by atoms with Crippen LogP contribution in [0, 0.1) is 6.92 Å². The smallest absolute Gasteiger partial charge is 0.137 e. The van der Waals surface area contributed by atoms with E-state index in [1.54, 1.807) is 0 Å². The molecule has 2 heterocycles. The molecule has 4 aromatic rings. The predicted molar refractivity (Wildman–Crippen MR) is 149 cm³/mol. The Morgan fingerprint density at radius 2 is 1.42 bits per heavy atom. The molecule has 4 heteroatoms. The Labute approximate surface area is 215 Å². The van der Waals surface area contributed by atoms with Crippen LogP contribution < -0.4 is 5.32 Å². The van der Waals surface area contributed by atoms with Crippen molar-refractivity contribution >= 4 is 0 Å². The van der Waals surface area contributed by atoms with Crippen molar-refractivity contribution in [1.82, 2.24) is 20.2 Å². The van der Waals surface area contributed by atoms with Crippen LogP contribution in [0.5, 0.6) is 0 Å². The quantitative estimate of drug-likeness (QED) is 0.334. The van der Waals surface area contributed by atoms with Gasteiger partial charge in [0.05, 0.1) is 11.7 Å². The van der Waals surface area contributed by atoms with Crippen molar-refractivity contribution in [3.63, 3.8) is 0 Å². The topological polar surface area (TPSA) is 44.0 Å². The molecule has 1 aliphatic heterocycles. The summed E-state index contributed by atoms with van der Waals surface area (Å²) in [5.41, 5.74) is 7.50. The Bertz CT molecular complexity index is 1230. The summed E-state index contributed by atoms with van der Waals surface area (Å²) >= 11 is 0. The van der Waals surface area contributed by atoms with Gasteiger partial charge in [-0.1, -0.05) is 99.6 Å². The van der Waals surface area contributed by atoms with Gasteiger partial charge in [-0.15, -0.1) is 0 Å². The van der Waals surface area contributed by atoms with Crippen molar-refractivity contribution in [1.29, 1.82) is 0 Å². The van der Waals surface area contributed by atoms with E-state index in [0.717, 1.165) is 49.0 Å². The van der Waals surface area contributed by atoms with Crippen LogP contribution in [0.25, 0.3) is 11.4 Å². The summed E-state index contributed by atoms with van der Waals surface area (Å²) in [6.07, 6.45) is 0. The summed E-state index contributed by atoms with van der Waals surface area (Å²) in [6, 6.07) is 30.8. The summed E-state index contributed by atoms with van der Waals surface area (Å²) in [6.45, 7) is 13.0. The first kappa shape index (κ1) is 24.5. The molecule has 1 aromatic heterocycles. The summed E-state index contributed by atoms with van der Waals surface area (Å²) in [7, 11) is 0. The highest BCUT2D eigenvalue weighted by molar-refractivity contribution is 5.58. The van der Waals surface area contributed by atoms with Crippen LogP contribution in [-0.4, -0.2) is 41.0 Å². The van der Waals surface area contributed by atoms with Crippen molar-refractivity contribution in [2.45, 2.75) is 45.1 Å². The third-order valence-corrected chi connectivity index (χ3v) is 7.38. The molecular formula is C32H38N4. The lowest BCUT2D eigenvalue weighted by Crippen LogP contribution is -2.47. The first-order valence-corrected chi connectivity index (χ1v) is 13.1. The maximum atomic E-state index is 5.33. The highest BCUT2D eigenvalue weighted by atomic mass is 15.2. The molecule has 2 N–H and O–H groups in total. The average molecular weight is 479 g/mol. The molecule has 3 aromatic carbocycles. The molecule has 0 radical (unpaired) electrons. The largest absolute Gasteiger partial charge is 0.342 e. The number of benzene rings is 3. The Morgan fingerprint density at radius 1 is 0.806 bits per heavy atom. The van der Waals surface area contributed by atoms with Crippen LogP contribution in [0.1, 0.15) is 60.8 Å². The number of H-pyrrole nitrogens is 1. The lowest BCUT2D eigenvalue weighted by Gasteiger charge is -2.39. The van der Waals surface area contributed by atoms with Gasteiger partial charge in [-0.2, -0.15) is 0 Å². The SMILES string of the molecule is Cc1[nH]c(-c2cccc(C(C)(C)C)c2)nc1C(C(c1ccccc1)c1ccccc1)N1CCNCC1. The van der Waals surface area contributed by atoms with Gasteiger partial charge in [-0.25, -0.2) is 4.98 Å². The van der Waals surface area contributed by atoms with E-state index < -0.39 is 0 Å². The first-order chi connectivity index (χ1) is 17.4. The lowest BCUT2D eigenvalue weighted by atomic mass is 9.82. The molecule has 5 rings (SSSR count). The summed E-state index contributed by atoms with van der Waals surface area (Å²) in [5, 5.41) is 3.54. The second-order valence-corrected chi connectivity index (χ2v) is 11.0.